The zero-order chi connectivity index (χ0) is 21.3. The maximum absolute atomic E-state index is 12.6. The summed E-state index contributed by atoms with van der Waals surface area (Å²) in [7, 11) is 0. The van der Waals surface area contributed by atoms with Crippen LogP contribution in [0.25, 0.3) is 11.0 Å². The van der Waals surface area contributed by atoms with Gasteiger partial charge >= 0.3 is 5.69 Å². The van der Waals surface area contributed by atoms with Crippen molar-refractivity contribution in [2.24, 2.45) is 0 Å². The molecule has 1 aliphatic heterocycles. The maximum atomic E-state index is 12.6. The number of amides is 2. The zero-order valence-electron chi connectivity index (χ0n) is 17.3. The average Bonchev–Trinajstić information content (AvgIpc) is 3.09. The minimum Gasteiger partial charge on any atom is -0.343 e. The number of nitrogens with one attached hydrogen (secondary N) is 2. The van der Waals surface area contributed by atoms with Gasteiger partial charge in [0.25, 0.3) is 5.91 Å². The average molecular weight is 406 g/mol. The number of para-hydroxylation sites is 2. The van der Waals surface area contributed by atoms with Gasteiger partial charge in [0, 0.05) is 24.7 Å². The fraction of sp³-hybridized carbons (Fsp3) is 0.348. The number of H-pyrrole nitrogens is 1. The summed E-state index contributed by atoms with van der Waals surface area (Å²) < 4.78 is 1.80. The molecule has 0 atom stereocenters. The fourth-order valence-corrected chi connectivity index (χ4v) is 4.06. The van der Waals surface area contributed by atoms with E-state index in [4.69, 9.17) is 0 Å². The molecule has 2 heterocycles. The molecule has 2 amide bonds. The molecule has 4 rings (SSSR count). The molecule has 2 aromatic carbocycles. The second kappa shape index (κ2) is 8.18. The Balaban J connectivity index is 1.34. The van der Waals surface area contributed by atoms with Gasteiger partial charge in [0.05, 0.1) is 17.6 Å². The summed E-state index contributed by atoms with van der Waals surface area (Å²) >= 11 is 0. The highest BCUT2D eigenvalue weighted by atomic mass is 16.2. The van der Waals surface area contributed by atoms with Crippen molar-refractivity contribution in [3.63, 3.8) is 0 Å². The van der Waals surface area contributed by atoms with Gasteiger partial charge in [-0.15, -0.1) is 0 Å². The van der Waals surface area contributed by atoms with Crippen LogP contribution in [0.1, 0.15) is 40.4 Å². The molecule has 0 aliphatic carbocycles. The Kier molecular flexibility index (Phi) is 5.44. The normalized spacial score (nSPS) is 14.8. The summed E-state index contributed by atoms with van der Waals surface area (Å²) in [5, 5.41) is 2.72. The van der Waals surface area contributed by atoms with Crippen LogP contribution in [0.4, 0.5) is 0 Å². The lowest BCUT2D eigenvalue weighted by Crippen LogP contribution is -2.45. The Hall–Kier alpha value is -3.35. The van der Waals surface area contributed by atoms with Crippen LogP contribution in [0, 0.1) is 13.8 Å². The van der Waals surface area contributed by atoms with E-state index in [1.54, 1.807) is 15.5 Å². The Morgan fingerprint density at radius 1 is 1.07 bits per heavy atom. The number of benzene rings is 2. The standard InChI is InChI=1S/C23H26N4O3/c1-15-7-8-17(13-16(15)2)22(29)24-14-21(28)26-11-9-18(10-12-26)27-20-6-4-3-5-19(20)25-23(27)30/h3-8,13,18H,9-12,14H2,1-2H3,(H,24,29)(H,25,30). The first-order valence-electron chi connectivity index (χ1n) is 10.3. The number of piperidine rings is 1. The second-order valence-corrected chi connectivity index (χ2v) is 7.91. The van der Waals surface area contributed by atoms with Crippen LogP contribution in [0.2, 0.25) is 0 Å². The quantitative estimate of drug-likeness (QED) is 0.698. The number of carbonyl (C=O) groups excluding carboxylic acids is 2. The number of fused-ring (bicyclic) bond motifs is 1. The molecule has 0 unspecified atom stereocenters. The SMILES string of the molecule is Cc1ccc(C(=O)NCC(=O)N2CCC(n3c(=O)[nH]c4ccccc43)CC2)cc1C. The van der Waals surface area contributed by atoms with Crippen LogP contribution in [0.5, 0.6) is 0 Å². The second-order valence-electron chi connectivity index (χ2n) is 7.91. The van der Waals surface area contributed by atoms with Gasteiger partial charge in [-0.25, -0.2) is 4.79 Å². The van der Waals surface area contributed by atoms with Crippen LogP contribution in [0.15, 0.2) is 47.3 Å². The minimum atomic E-state index is -0.244. The molecule has 1 fully saturated rings. The van der Waals surface area contributed by atoms with Crippen LogP contribution >= 0.6 is 0 Å². The smallest absolute Gasteiger partial charge is 0.326 e. The predicted octanol–water partition coefficient (Wildman–Crippen LogP) is 2.54. The van der Waals surface area contributed by atoms with E-state index in [1.165, 1.54) is 0 Å². The lowest BCUT2D eigenvalue weighted by atomic mass is 10.0. The van der Waals surface area contributed by atoms with E-state index >= 15 is 0 Å². The third-order valence-corrected chi connectivity index (χ3v) is 5.98. The summed E-state index contributed by atoms with van der Waals surface area (Å²) in [5.41, 5.74) is 4.34. The topological polar surface area (TPSA) is 87.2 Å². The van der Waals surface area contributed by atoms with Gasteiger partial charge in [-0.2, -0.15) is 0 Å². The number of imidazole rings is 1. The van der Waals surface area contributed by atoms with Crippen molar-refractivity contribution in [3.05, 3.63) is 69.6 Å². The third-order valence-electron chi connectivity index (χ3n) is 5.98. The van der Waals surface area contributed by atoms with E-state index < -0.39 is 0 Å². The summed E-state index contributed by atoms with van der Waals surface area (Å²) in [6, 6.07) is 13.2. The number of aromatic amines is 1. The minimum absolute atomic E-state index is 0.0243. The van der Waals surface area contributed by atoms with Gasteiger partial charge < -0.3 is 15.2 Å². The molecule has 0 saturated carbocycles. The molecule has 0 bridgehead atoms. The molecule has 1 aromatic heterocycles. The third kappa shape index (κ3) is 3.87. The zero-order valence-corrected chi connectivity index (χ0v) is 17.3. The number of hydrogen-bond donors (Lipinski definition) is 2. The Morgan fingerprint density at radius 3 is 2.53 bits per heavy atom. The van der Waals surface area contributed by atoms with Crippen molar-refractivity contribution in [1.82, 2.24) is 19.8 Å². The van der Waals surface area contributed by atoms with Crippen molar-refractivity contribution < 1.29 is 9.59 Å². The molecule has 7 heteroatoms. The van der Waals surface area contributed by atoms with Crippen LogP contribution in [-0.2, 0) is 4.79 Å². The van der Waals surface area contributed by atoms with E-state index in [9.17, 15) is 14.4 Å². The van der Waals surface area contributed by atoms with Gasteiger partial charge in [0.15, 0.2) is 0 Å². The largest absolute Gasteiger partial charge is 0.343 e. The van der Waals surface area contributed by atoms with E-state index in [-0.39, 0.29) is 30.1 Å². The predicted molar refractivity (Wildman–Crippen MR) is 116 cm³/mol. The summed E-state index contributed by atoms with van der Waals surface area (Å²) in [5.74, 6) is -0.344. The Labute approximate surface area is 174 Å². The first-order chi connectivity index (χ1) is 14.4. The molecule has 3 aromatic rings. The van der Waals surface area contributed by atoms with Gasteiger partial charge in [-0.1, -0.05) is 18.2 Å². The van der Waals surface area contributed by atoms with E-state index in [1.807, 2.05) is 50.2 Å². The van der Waals surface area contributed by atoms with E-state index in [0.717, 1.165) is 22.2 Å². The van der Waals surface area contributed by atoms with Crippen molar-refractivity contribution in [1.29, 1.82) is 0 Å². The highest BCUT2D eigenvalue weighted by Crippen LogP contribution is 2.24. The van der Waals surface area contributed by atoms with Crippen molar-refractivity contribution in [3.8, 4) is 0 Å². The van der Waals surface area contributed by atoms with E-state index in [0.29, 0.717) is 31.5 Å². The number of aromatic nitrogens is 2. The maximum Gasteiger partial charge on any atom is 0.326 e. The summed E-state index contributed by atoms with van der Waals surface area (Å²) in [4.78, 5) is 41.9. The van der Waals surface area contributed by atoms with Crippen LogP contribution in [-0.4, -0.2) is 45.9 Å². The van der Waals surface area contributed by atoms with Crippen molar-refractivity contribution in [2.75, 3.05) is 19.6 Å². The number of rotatable bonds is 4. The van der Waals surface area contributed by atoms with Crippen LogP contribution in [0.3, 0.4) is 0 Å². The molecule has 1 saturated heterocycles. The number of nitrogens with zero attached hydrogens (tertiary/aromatic N) is 2. The highest BCUT2D eigenvalue weighted by molar-refractivity contribution is 5.96. The monoisotopic (exact) mass is 406 g/mol. The first-order valence-corrected chi connectivity index (χ1v) is 10.3. The van der Waals surface area contributed by atoms with Crippen molar-refractivity contribution in [2.45, 2.75) is 32.7 Å². The summed E-state index contributed by atoms with van der Waals surface area (Å²) in [6.07, 6.45) is 1.41. The number of carbonyl (C=O) groups is 2. The molecule has 30 heavy (non-hydrogen) atoms. The Bertz CT molecular complexity index is 1150. The Morgan fingerprint density at radius 2 is 1.80 bits per heavy atom. The van der Waals surface area contributed by atoms with Crippen LogP contribution < -0.4 is 11.0 Å². The van der Waals surface area contributed by atoms with Gasteiger partial charge in [-0.05, 0) is 62.1 Å². The summed E-state index contributed by atoms with van der Waals surface area (Å²) in [6.45, 7) is 5.06. The molecular weight excluding hydrogens is 380 g/mol. The molecular formula is C23H26N4O3. The lowest BCUT2D eigenvalue weighted by molar-refractivity contribution is -0.131. The molecule has 156 valence electrons. The molecule has 1 aliphatic rings. The van der Waals surface area contributed by atoms with Gasteiger partial charge in [0.1, 0.15) is 0 Å². The molecule has 7 nitrogen and oxygen atoms in total. The first kappa shape index (κ1) is 19.9. The molecule has 0 spiro atoms. The molecule has 2 N–H and O–H groups in total. The highest BCUT2D eigenvalue weighted by Gasteiger charge is 2.26. The number of hydrogen-bond acceptors (Lipinski definition) is 3. The van der Waals surface area contributed by atoms with Gasteiger partial charge in [-0.3, -0.25) is 14.2 Å². The molecule has 0 radical (unpaired) electrons. The van der Waals surface area contributed by atoms with Gasteiger partial charge in [0.2, 0.25) is 5.91 Å². The fourth-order valence-electron chi connectivity index (χ4n) is 4.06. The van der Waals surface area contributed by atoms with Crippen molar-refractivity contribution >= 4 is 22.8 Å². The van der Waals surface area contributed by atoms with E-state index in [2.05, 4.69) is 10.3 Å². The lowest BCUT2D eigenvalue weighted by Gasteiger charge is -2.32. The number of likely N-dealkylation sites (tertiary alicyclic amines) is 1. The number of aryl methyl sites for hydroxylation is 2.